The van der Waals surface area contributed by atoms with Gasteiger partial charge in [-0.05, 0) is 42.6 Å². The van der Waals surface area contributed by atoms with Gasteiger partial charge >= 0.3 is 0 Å². The standard InChI is InChI=1S/C12H12Cl3NO3S/c13-9-5-4-7(6-10(9)14)20(18,19)16-11-3-1-2-8(11)12(15)17/h4-6,8,11,16H,1-3H2. The highest BCUT2D eigenvalue weighted by molar-refractivity contribution is 7.89. The van der Waals surface area contributed by atoms with Crippen LogP contribution in [0.3, 0.4) is 0 Å². The molecule has 0 heterocycles. The minimum Gasteiger partial charge on any atom is -0.281 e. The average Bonchev–Trinajstić information content (AvgIpc) is 2.80. The largest absolute Gasteiger partial charge is 0.281 e. The second kappa shape index (κ2) is 6.20. The zero-order valence-corrected chi connectivity index (χ0v) is 13.4. The van der Waals surface area contributed by atoms with Crippen LogP contribution in [0, 0.1) is 5.92 Å². The lowest BCUT2D eigenvalue weighted by Crippen LogP contribution is -2.39. The maximum absolute atomic E-state index is 12.3. The van der Waals surface area contributed by atoms with Crippen molar-refractivity contribution in [2.24, 2.45) is 5.92 Å². The van der Waals surface area contributed by atoms with E-state index in [1.165, 1.54) is 18.2 Å². The smallest absolute Gasteiger partial charge is 0.240 e. The van der Waals surface area contributed by atoms with E-state index in [4.69, 9.17) is 34.8 Å². The van der Waals surface area contributed by atoms with Crippen molar-refractivity contribution in [3.63, 3.8) is 0 Å². The summed E-state index contributed by atoms with van der Waals surface area (Å²) in [6.07, 6.45) is 1.94. The molecule has 1 aliphatic rings. The third-order valence-corrected chi connectivity index (χ3v) is 5.82. The SMILES string of the molecule is O=C(Cl)C1CCCC1NS(=O)(=O)c1ccc(Cl)c(Cl)c1. The van der Waals surface area contributed by atoms with Crippen LogP contribution < -0.4 is 4.72 Å². The Balaban J connectivity index is 2.22. The van der Waals surface area contributed by atoms with Crippen molar-refractivity contribution in [1.82, 2.24) is 4.72 Å². The minimum absolute atomic E-state index is 0.0135. The Morgan fingerprint density at radius 1 is 1.20 bits per heavy atom. The fraction of sp³-hybridized carbons (Fsp3) is 0.417. The van der Waals surface area contributed by atoms with Crippen LogP contribution in [0.15, 0.2) is 23.1 Å². The highest BCUT2D eigenvalue weighted by atomic mass is 35.5. The molecule has 0 amide bonds. The summed E-state index contributed by atoms with van der Waals surface area (Å²) in [5.41, 5.74) is 0. The van der Waals surface area contributed by atoms with Gasteiger partial charge in [-0.2, -0.15) is 0 Å². The average molecular weight is 357 g/mol. The second-order valence-electron chi connectivity index (χ2n) is 4.65. The highest BCUT2D eigenvalue weighted by Gasteiger charge is 2.35. The van der Waals surface area contributed by atoms with Gasteiger partial charge in [0.05, 0.1) is 14.9 Å². The van der Waals surface area contributed by atoms with E-state index in [1.54, 1.807) is 0 Å². The number of nitrogens with one attached hydrogen (secondary N) is 1. The van der Waals surface area contributed by atoms with Gasteiger partial charge in [0.15, 0.2) is 0 Å². The molecule has 0 aromatic heterocycles. The normalized spacial score (nSPS) is 22.9. The number of hydrogen-bond donors (Lipinski definition) is 1. The van der Waals surface area contributed by atoms with E-state index in [1.807, 2.05) is 0 Å². The minimum atomic E-state index is -3.75. The van der Waals surface area contributed by atoms with E-state index in [0.717, 1.165) is 6.42 Å². The maximum atomic E-state index is 12.3. The van der Waals surface area contributed by atoms with Crippen molar-refractivity contribution >= 4 is 50.1 Å². The van der Waals surface area contributed by atoms with Crippen LogP contribution >= 0.6 is 34.8 Å². The maximum Gasteiger partial charge on any atom is 0.240 e. The Bertz CT molecular complexity index is 633. The summed E-state index contributed by atoms with van der Waals surface area (Å²) >= 11 is 17.1. The first kappa shape index (κ1) is 16.0. The molecule has 8 heteroatoms. The summed E-state index contributed by atoms with van der Waals surface area (Å²) in [5.74, 6) is -0.478. The van der Waals surface area contributed by atoms with Crippen LogP contribution in [0.2, 0.25) is 10.0 Å². The lowest BCUT2D eigenvalue weighted by Gasteiger charge is -2.18. The molecule has 4 nitrogen and oxygen atoms in total. The third kappa shape index (κ3) is 3.46. The number of carbonyl (C=O) groups excluding carboxylic acids is 1. The molecule has 1 aliphatic carbocycles. The van der Waals surface area contributed by atoms with Crippen molar-refractivity contribution in [2.75, 3.05) is 0 Å². The van der Waals surface area contributed by atoms with Gasteiger partial charge in [0.25, 0.3) is 0 Å². The molecular formula is C12H12Cl3NO3S. The Kier molecular flexibility index (Phi) is 4.97. The summed E-state index contributed by atoms with van der Waals surface area (Å²) in [4.78, 5) is 11.3. The molecule has 1 fully saturated rings. The van der Waals surface area contributed by atoms with Crippen LogP contribution in [0.25, 0.3) is 0 Å². The topological polar surface area (TPSA) is 63.2 Å². The van der Waals surface area contributed by atoms with Crippen LogP contribution in [0.5, 0.6) is 0 Å². The zero-order valence-electron chi connectivity index (χ0n) is 10.3. The molecular weight excluding hydrogens is 345 g/mol. The van der Waals surface area contributed by atoms with Crippen LogP contribution in [0.4, 0.5) is 0 Å². The zero-order chi connectivity index (χ0) is 14.9. The van der Waals surface area contributed by atoms with Gasteiger partial charge in [0.2, 0.25) is 15.3 Å². The molecule has 1 N–H and O–H groups in total. The first-order chi connectivity index (χ1) is 9.31. The van der Waals surface area contributed by atoms with Crippen LogP contribution in [0.1, 0.15) is 19.3 Å². The Hall–Kier alpha value is -0.330. The summed E-state index contributed by atoms with van der Waals surface area (Å²) in [7, 11) is -3.75. The molecule has 0 saturated heterocycles. The molecule has 1 aromatic rings. The van der Waals surface area contributed by atoms with Gasteiger partial charge in [-0.1, -0.05) is 29.6 Å². The van der Waals surface area contributed by atoms with Crippen molar-refractivity contribution in [3.8, 4) is 0 Å². The first-order valence-electron chi connectivity index (χ1n) is 5.98. The molecule has 2 rings (SSSR count). The Morgan fingerprint density at radius 3 is 2.50 bits per heavy atom. The number of rotatable bonds is 4. The van der Waals surface area contributed by atoms with Gasteiger partial charge in [-0.15, -0.1) is 0 Å². The number of sulfonamides is 1. The van der Waals surface area contributed by atoms with Crippen molar-refractivity contribution in [3.05, 3.63) is 28.2 Å². The highest BCUT2D eigenvalue weighted by Crippen LogP contribution is 2.30. The summed E-state index contributed by atoms with van der Waals surface area (Å²) in [6, 6.07) is 3.58. The lowest BCUT2D eigenvalue weighted by atomic mass is 10.1. The monoisotopic (exact) mass is 355 g/mol. The van der Waals surface area contributed by atoms with Crippen molar-refractivity contribution < 1.29 is 13.2 Å². The molecule has 2 unspecified atom stereocenters. The second-order valence-corrected chi connectivity index (χ2v) is 7.55. The Labute approximate surface area is 132 Å². The van der Waals surface area contributed by atoms with Gasteiger partial charge in [-0.25, -0.2) is 13.1 Å². The summed E-state index contributed by atoms with van der Waals surface area (Å²) in [6.45, 7) is 0. The van der Waals surface area contributed by atoms with E-state index in [-0.39, 0.29) is 14.9 Å². The Morgan fingerprint density at radius 2 is 1.90 bits per heavy atom. The van der Waals surface area contributed by atoms with Crippen molar-refractivity contribution in [1.29, 1.82) is 0 Å². The van der Waals surface area contributed by atoms with E-state index in [0.29, 0.717) is 12.8 Å². The van der Waals surface area contributed by atoms with Gasteiger partial charge in [-0.3, -0.25) is 4.79 Å². The van der Waals surface area contributed by atoms with E-state index in [2.05, 4.69) is 4.72 Å². The molecule has 2 atom stereocenters. The quantitative estimate of drug-likeness (QED) is 0.843. The van der Waals surface area contributed by atoms with Crippen molar-refractivity contribution in [2.45, 2.75) is 30.2 Å². The van der Waals surface area contributed by atoms with Crippen LogP contribution in [-0.2, 0) is 14.8 Å². The summed E-state index contributed by atoms with van der Waals surface area (Å²) < 4.78 is 27.0. The molecule has 0 radical (unpaired) electrons. The fourth-order valence-corrected chi connectivity index (χ4v) is 4.25. The predicted octanol–water partition coefficient (Wildman–Crippen LogP) is 3.21. The molecule has 1 aromatic carbocycles. The predicted molar refractivity (Wildman–Crippen MR) is 78.8 cm³/mol. The molecule has 20 heavy (non-hydrogen) atoms. The fourth-order valence-electron chi connectivity index (χ4n) is 2.28. The number of carbonyl (C=O) groups is 1. The van der Waals surface area contributed by atoms with E-state index in [9.17, 15) is 13.2 Å². The first-order valence-corrected chi connectivity index (χ1v) is 8.59. The summed E-state index contributed by atoms with van der Waals surface area (Å²) in [5, 5.41) is -0.0735. The molecule has 1 saturated carbocycles. The van der Waals surface area contributed by atoms with Gasteiger partial charge < -0.3 is 0 Å². The van der Waals surface area contributed by atoms with Gasteiger partial charge in [0.1, 0.15) is 0 Å². The van der Waals surface area contributed by atoms with Gasteiger partial charge in [0, 0.05) is 12.0 Å². The van der Waals surface area contributed by atoms with E-state index < -0.39 is 27.2 Å². The third-order valence-electron chi connectivity index (χ3n) is 3.32. The number of halogens is 3. The molecule has 110 valence electrons. The number of benzene rings is 1. The molecule has 0 bridgehead atoms. The van der Waals surface area contributed by atoms with E-state index >= 15 is 0 Å². The number of hydrogen-bond acceptors (Lipinski definition) is 3. The lowest BCUT2D eigenvalue weighted by molar-refractivity contribution is -0.115. The van der Waals surface area contributed by atoms with Crippen LogP contribution in [-0.4, -0.2) is 19.7 Å². The molecule has 0 spiro atoms. The molecule has 0 aliphatic heterocycles.